The number of rotatable bonds is 17. The first-order valence-electron chi connectivity index (χ1n) is 16.0. The molecule has 7 nitrogen and oxygen atoms in total. The monoisotopic (exact) mass is 580 g/mol. The summed E-state index contributed by atoms with van der Waals surface area (Å²) in [6, 6.07) is 15.4. The lowest BCUT2D eigenvalue weighted by molar-refractivity contribution is -0.153. The highest BCUT2D eigenvalue weighted by Gasteiger charge is 2.36. The lowest BCUT2D eigenvalue weighted by Crippen LogP contribution is -2.47. The first-order valence-corrected chi connectivity index (χ1v) is 16.0. The van der Waals surface area contributed by atoms with E-state index in [-0.39, 0.29) is 18.5 Å². The van der Waals surface area contributed by atoms with E-state index in [1.54, 1.807) is 6.92 Å². The zero-order chi connectivity index (χ0) is 30.4. The average molecular weight is 581 g/mol. The van der Waals surface area contributed by atoms with E-state index < -0.39 is 11.6 Å². The van der Waals surface area contributed by atoms with E-state index >= 15 is 0 Å². The Kier molecular flexibility index (Phi) is 13.5. The van der Waals surface area contributed by atoms with Crippen LogP contribution in [-0.4, -0.2) is 53.3 Å². The van der Waals surface area contributed by atoms with Gasteiger partial charge in [0.2, 0.25) is 5.60 Å². The van der Waals surface area contributed by atoms with Crippen molar-refractivity contribution < 1.29 is 24.2 Å². The largest absolute Gasteiger partial charge is 0.492 e. The first-order chi connectivity index (χ1) is 20.2. The smallest absolute Gasteiger partial charge is 0.348 e. The van der Waals surface area contributed by atoms with Crippen molar-refractivity contribution in [3.63, 3.8) is 0 Å². The quantitative estimate of drug-likeness (QED) is 0.185. The van der Waals surface area contributed by atoms with Gasteiger partial charge in [0.05, 0.1) is 6.54 Å². The van der Waals surface area contributed by atoms with Crippen LogP contribution in [0.25, 0.3) is 0 Å². The molecule has 0 aliphatic heterocycles. The molecule has 1 atom stereocenters. The maximum atomic E-state index is 13.1. The molecule has 2 amide bonds. The predicted octanol–water partition coefficient (Wildman–Crippen LogP) is 7.97. The van der Waals surface area contributed by atoms with Crippen LogP contribution in [0.2, 0.25) is 0 Å². The molecule has 0 aromatic heterocycles. The minimum absolute atomic E-state index is 0.0168. The number of unbranched alkanes of at least 4 members (excludes halogenated alkanes) is 4. The Balaban J connectivity index is 1.53. The lowest BCUT2D eigenvalue weighted by Gasteiger charge is -2.28. The Morgan fingerprint density at radius 3 is 2.19 bits per heavy atom. The summed E-state index contributed by atoms with van der Waals surface area (Å²) in [5.74, 6) is 0.600. The average Bonchev–Trinajstić information content (AvgIpc) is 2.97. The number of carbonyl (C=O) groups is 2. The summed E-state index contributed by atoms with van der Waals surface area (Å²) in [6.45, 7) is 9.70. The van der Waals surface area contributed by atoms with Gasteiger partial charge in [-0.1, -0.05) is 90.0 Å². The van der Waals surface area contributed by atoms with Crippen molar-refractivity contribution in [2.75, 3.05) is 19.7 Å². The number of carboxylic acid groups (broad SMARTS) is 1. The number of benzene rings is 2. The Bertz CT molecular complexity index is 1080. The molecule has 1 aliphatic carbocycles. The summed E-state index contributed by atoms with van der Waals surface area (Å²) in [6.07, 6.45) is 11.7. The molecule has 232 valence electrons. The van der Waals surface area contributed by atoms with Crippen molar-refractivity contribution >= 4 is 12.0 Å². The zero-order valence-corrected chi connectivity index (χ0v) is 26.2. The van der Waals surface area contributed by atoms with Crippen molar-refractivity contribution in [1.29, 1.82) is 0 Å². The molecular formula is C35H52N2O5. The minimum Gasteiger partial charge on any atom is -0.492 e. The number of nitrogens with one attached hydrogen (secondary N) is 1. The number of carboxylic acids is 1. The van der Waals surface area contributed by atoms with Crippen LogP contribution in [0, 0.1) is 0 Å². The van der Waals surface area contributed by atoms with Gasteiger partial charge in [-0.25, -0.2) is 9.59 Å². The summed E-state index contributed by atoms with van der Waals surface area (Å²) in [4.78, 5) is 27.2. The molecule has 2 aromatic carbocycles. The summed E-state index contributed by atoms with van der Waals surface area (Å²) in [5.41, 5.74) is 0.604. The van der Waals surface area contributed by atoms with Crippen molar-refractivity contribution in [1.82, 2.24) is 10.2 Å². The second-order valence-electron chi connectivity index (χ2n) is 12.2. The molecule has 2 N–H and O–H groups in total. The minimum atomic E-state index is -1.41. The highest BCUT2D eigenvalue weighted by Crippen LogP contribution is 2.26. The molecule has 1 unspecified atom stereocenters. The number of aliphatic carboxylic acids is 1. The van der Waals surface area contributed by atoms with E-state index in [0.29, 0.717) is 30.6 Å². The fourth-order valence-electron chi connectivity index (χ4n) is 5.44. The molecule has 0 spiro atoms. The van der Waals surface area contributed by atoms with Gasteiger partial charge in [0, 0.05) is 19.0 Å². The van der Waals surface area contributed by atoms with Gasteiger partial charge in [-0.2, -0.15) is 0 Å². The van der Waals surface area contributed by atoms with Crippen LogP contribution < -0.4 is 14.8 Å². The summed E-state index contributed by atoms with van der Waals surface area (Å²) < 4.78 is 12.0. The van der Waals surface area contributed by atoms with E-state index in [1.165, 1.54) is 44.1 Å². The van der Waals surface area contributed by atoms with E-state index in [4.69, 9.17) is 9.47 Å². The van der Waals surface area contributed by atoms with Crippen LogP contribution in [0.15, 0.2) is 48.5 Å². The van der Waals surface area contributed by atoms with Gasteiger partial charge >= 0.3 is 12.0 Å². The maximum absolute atomic E-state index is 13.1. The lowest BCUT2D eigenvalue weighted by atomic mass is 9.96. The topological polar surface area (TPSA) is 88.1 Å². The molecule has 1 aliphatic rings. The van der Waals surface area contributed by atoms with Crippen molar-refractivity contribution in [3.05, 3.63) is 59.7 Å². The van der Waals surface area contributed by atoms with E-state index in [2.05, 4.69) is 26.1 Å². The molecule has 1 fully saturated rings. The third kappa shape index (κ3) is 10.9. The van der Waals surface area contributed by atoms with Gasteiger partial charge in [-0.15, -0.1) is 0 Å². The molecule has 0 saturated heterocycles. The summed E-state index contributed by atoms with van der Waals surface area (Å²) in [5, 5.41) is 13.2. The predicted molar refractivity (Wildman–Crippen MR) is 169 cm³/mol. The van der Waals surface area contributed by atoms with Crippen LogP contribution in [0.3, 0.4) is 0 Å². The Morgan fingerprint density at radius 1 is 0.929 bits per heavy atom. The first kappa shape index (κ1) is 33.3. The molecular weight excluding hydrogens is 528 g/mol. The third-order valence-corrected chi connectivity index (χ3v) is 8.19. The zero-order valence-electron chi connectivity index (χ0n) is 26.2. The number of hydrogen-bond acceptors (Lipinski definition) is 4. The van der Waals surface area contributed by atoms with Crippen LogP contribution in [0.1, 0.15) is 109 Å². The fraction of sp³-hybridized carbons (Fsp3) is 0.600. The van der Waals surface area contributed by atoms with Gasteiger partial charge < -0.3 is 24.8 Å². The summed E-state index contributed by atoms with van der Waals surface area (Å²) >= 11 is 0. The van der Waals surface area contributed by atoms with Gasteiger partial charge in [0.1, 0.15) is 18.1 Å². The summed E-state index contributed by atoms with van der Waals surface area (Å²) in [7, 11) is 0. The highest BCUT2D eigenvalue weighted by molar-refractivity contribution is 5.78. The van der Waals surface area contributed by atoms with Crippen LogP contribution in [0.4, 0.5) is 4.79 Å². The Labute approximate surface area is 253 Å². The van der Waals surface area contributed by atoms with Gasteiger partial charge in [-0.05, 0) is 67.5 Å². The SMILES string of the molecule is CCCCCCCN(CCOc1ccc(CC(C)(Oc2ccc(C(C)C)cc2)C(=O)O)cc1)C(=O)NC1CCCCC1. The van der Waals surface area contributed by atoms with Gasteiger partial charge in [-0.3, -0.25) is 0 Å². The normalized spacial score (nSPS) is 15.2. The number of hydrogen-bond donors (Lipinski definition) is 2. The maximum Gasteiger partial charge on any atom is 0.348 e. The molecule has 0 radical (unpaired) electrons. The molecule has 2 aromatic rings. The Hall–Kier alpha value is -3.22. The second kappa shape index (κ2) is 17.0. The fourth-order valence-corrected chi connectivity index (χ4v) is 5.44. The van der Waals surface area contributed by atoms with E-state index in [0.717, 1.165) is 37.8 Å². The van der Waals surface area contributed by atoms with Crippen molar-refractivity contribution in [3.8, 4) is 11.5 Å². The number of amides is 2. The third-order valence-electron chi connectivity index (χ3n) is 8.19. The number of carbonyl (C=O) groups excluding carboxylic acids is 1. The molecule has 42 heavy (non-hydrogen) atoms. The number of urea groups is 1. The van der Waals surface area contributed by atoms with Crippen LogP contribution >= 0.6 is 0 Å². The van der Waals surface area contributed by atoms with Crippen LogP contribution in [0.5, 0.6) is 11.5 Å². The van der Waals surface area contributed by atoms with Crippen LogP contribution in [-0.2, 0) is 11.2 Å². The number of ether oxygens (including phenoxy) is 2. The molecule has 7 heteroatoms. The number of nitrogens with zero attached hydrogens (tertiary/aromatic N) is 1. The van der Waals surface area contributed by atoms with Gasteiger partial charge in [0.15, 0.2) is 0 Å². The molecule has 1 saturated carbocycles. The van der Waals surface area contributed by atoms with Gasteiger partial charge in [0.25, 0.3) is 0 Å². The molecule has 0 heterocycles. The van der Waals surface area contributed by atoms with E-state index in [1.807, 2.05) is 53.4 Å². The standard InChI is InChI=1S/C35H52N2O5/c1-5-6-7-8-12-23-37(34(40)36-30-13-10-9-11-14-30)24-25-41-31-19-15-28(16-20-31)26-35(4,33(38)39)42-32-21-17-29(18-22-32)27(2)3/h15-22,27,30H,5-14,23-26H2,1-4H3,(H,36,40)(H,38,39). The Morgan fingerprint density at radius 2 is 1.57 bits per heavy atom. The second-order valence-corrected chi connectivity index (χ2v) is 12.2. The van der Waals surface area contributed by atoms with E-state index in [9.17, 15) is 14.7 Å². The van der Waals surface area contributed by atoms with Crippen molar-refractivity contribution in [2.24, 2.45) is 0 Å². The van der Waals surface area contributed by atoms with Crippen molar-refractivity contribution in [2.45, 2.75) is 116 Å². The molecule has 3 rings (SSSR count). The highest BCUT2D eigenvalue weighted by atomic mass is 16.5. The molecule has 0 bridgehead atoms.